The summed E-state index contributed by atoms with van der Waals surface area (Å²) < 4.78 is 5.79. The van der Waals surface area contributed by atoms with E-state index >= 15 is 0 Å². The number of aromatic nitrogens is 3. The van der Waals surface area contributed by atoms with Crippen LogP contribution >= 0.6 is 0 Å². The second kappa shape index (κ2) is 5.40. The molecule has 0 fully saturated rings. The van der Waals surface area contributed by atoms with Gasteiger partial charge in [0.15, 0.2) is 0 Å². The van der Waals surface area contributed by atoms with Gasteiger partial charge in [0.25, 0.3) is 0 Å². The van der Waals surface area contributed by atoms with E-state index < -0.39 is 0 Å². The molecule has 2 heterocycles. The smallest absolute Gasteiger partial charge is 0.213 e. The molecule has 2 aromatic heterocycles. The van der Waals surface area contributed by atoms with Crippen LogP contribution in [0.3, 0.4) is 0 Å². The minimum Gasteiger partial charge on any atom is -0.443 e. The number of benzene rings is 1. The van der Waals surface area contributed by atoms with Crippen molar-refractivity contribution in [2.75, 3.05) is 5.32 Å². The lowest BCUT2D eigenvalue weighted by Gasteiger charge is -2.13. The average molecular weight is 296 g/mol. The van der Waals surface area contributed by atoms with E-state index in [1.54, 1.807) is 12.5 Å². The van der Waals surface area contributed by atoms with E-state index in [4.69, 9.17) is 4.42 Å². The van der Waals surface area contributed by atoms with Crippen LogP contribution in [0.25, 0.3) is 10.9 Å². The first-order valence-corrected chi connectivity index (χ1v) is 7.34. The maximum Gasteiger partial charge on any atom is 0.213 e. The summed E-state index contributed by atoms with van der Waals surface area (Å²) in [5, 5.41) is 4.29. The predicted molar refractivity (Wildman–Crippen MR) is 86.8 cm³/mol. The minimum atomic E-state index is -0.0377. The Labute approximate surface area is 129 Å². The molecule has 0 radical (unpaired) electrons. The van der Waals surface area contributed by atoms with Gasteiger partial charge in [-0.05, 0) is 19.1 Å². The van der Waals surface area contributed by atoms with Gasteiger partial charge in [0.1, 0.15) is 17.9 Å². The van der Waals surface area contributed by atoms with Gasteiger partial charge >= 0.3 is 0 Å². The molecule has 22 heavy (non-hydrogen) atoms. The number of fused-ring (bicyclic) bond motifs is 1. The third kappa shape index (κ3) is 2.93. The molecule has 0 unspecified atom stereocenters. The van der Waals surface area contributed by atoms with Crippen molar-refractivity contribution in [3.05, 3.63) is 47.9 Å². The zero-order valence-corrected chi connectivity index (χ0v) is 13.3. The number of hydrogen-bond donors (Lipinski definition) is 1. The molecule has 0 aliphatic rings. The van der Waals surface area contributed by atoms with Crippen molar-refractivity contribution < 1.29 is 4.42 Å². The van der Waals surface area contributed by atoms with Crippen LogP contribution in [0.1, 0.15) is 38.0 Å². The van der Waals surface area contributed by atoms with Crippen molar-refractivity contribution in [1.29, 1.82) is 0 Å². The number of rotatable bonds is 3. The highest BCUT2D eigenvalue weighted by Gasteiger charge is 2.19. The third-order valence-electron chi connectivity index (χ3n) is 3.49. The van der Waals surface area contributed by atoms with Crippen LogP contribution in [0, 0.1) is 6.92 Å². The highest BCUT2D eigenvalue weighted by atomic mass is 16.4. The van der Waals surface area contributed by atoms with Gasteiger partial charge in [0.05, 0.1) is 18.3 Å². The quantitative estimate of drug-likeness (QED) is 0.795. The molecular formula is C17H20N4O. The first kappa shape index (κ1) is 14.5. The third-order valence-corrected chi connectivity index (χ3v) is 3.49. The Morgan fingerprint density at radius 3 is 2.68 bits per heavy atom. The molecule has 0 amide bonds. The minimum absolute atomic E-state index is 0.0377. The Bertz CT molecular complexity index is 802. The highest BCUT2D eigenvalue weighted by molar-refractivity contribution is 5.89. The van der Waals surface area contributed by atoms with E-state index in [-0.39, 0.29) is 5.41 Å². The number of hydrogen-bond acceptors (Lipinski definition) is 5. The van der Waals surface area contributed by atoms with Crippen LogP contribution in [-0.4, -0.2) is 15.0 Å². The molecule has 0 saturated heterocycles. The van der Waals surface area contributed by atoms with Gasteiger partial charge in [0.2, 0.25) is 5.89 Å². The molecule has 0 aliphatic carbocycles. The Kier molecular flexibility index (Phi) is 3.56. The monoisotopic (exact) mass is 296 g/mol. The number of nitrogens with one attached hydrogen (secondary N) is 1. The maximum absolute atomic E-state index is 5.79. The summed E-state index contributed by atoms with van der Waals surface area (Å²) in [6.07, 6.45) is 3.36. The van der Waals surface area contributed by atoms with Gasteiger partial charge in [-0.15, -0.1) is 0 Å². The lowest BCUT2D eigenvalue weighted by molar-refractivity contribution is 0.385. The van der Waals surface area contributed by atoms with Crippen molar-refractivity contribution in [2.24, 2.45) is 0 Å². The summed E-state index contributed by atoms with van der Waals surface area (Å²) in [5.41, 5.74) is 2.06. The topological polar surface area (TPSA) is 63.8 Å². The van der Waals surface area contributed by atoms with Crippen LogP contribution in [0.2, 0.25) is 0 Å². The van der Waals surface area contributed by atoms with Gasteiger partial charge in [-0.25, -0.2) is 15.0 Å². The Balaban J connectivity index is 1.82. The summed E-state index contributed by atoms with van der Waals surface area (Å²) in [5.74, 6) is 2.33. The molecule has 0 atom stereocenters. The fourth-order valence-corrected chi connectivity index (χ4v) is 2.21. The first-order chi connectivity index (χ1) is 10.4. The molecule has 0 spiro atoms. The molecule has 0 bridgehead atoms. The molecule has 1 aromatic carbocycles. The summed E-state index contributed by atoms with van der Waals surface area (Å²) in [7, 11) is 0. The molecule has 5 heteroatoms. The van der Waals surface area contributed by atoms with E-state index in [1.165, 1.54) is 5.56 Å². The van der Waals surface area contributed by atoms with Crippen LogP contribution in [-0.2, 0) is 12.0 Å². The van der Waals surface area contributed by atoms with Crippen LogP contribution < -0.4 is 5.32 Å². The Hall–Kier alpha value is -2.43. The molecule has 114 valence electrons. The van der Waals surface area contributed by atoms with E-state index in [0.29, 0.717) is 12.4 Å². The summed E-state index contributed by atoms with van der Waals surface area (Å²) in [6, 6.07) is 6.12. The number of aryl methyl sites for hydroxylation is 1. The van der Waals surface area contributed by atoms with E-state index in [1.807, 2.05) is 12.1 Å². The second-order valence-corrected chi connectivity index (χ2v) is 6.46. The Morgan fingerprint density at radius 1 is 1.14 bits per heavy atom. The molecule has 3 rings (SSSR count). The number of nitrogens with zero attached hydrogens (tertiary/aromatic N) is 3. The lowest BCUT2D eigenvalue weighted by atomic mass is 9.94. The first-order valence-electron chi connectivity index (χ1n) is 7.34. The molecule has 0 aliphatic heterocycles. The van der Waals surface area contributed by atoms with Crippen LogP contribution in [0.4, 0.5) is 5.82 Å². The van der Waals surface area contributed by atoms with Crippen molar-refractivity contribution in [3.63, 3.8) is 0 Å². The van der Waals surface area contributed by atoms with E-state index in [2.05, 4.69) is 54.0 Å². The maximum atomic E-state index is 5.79. The van der Waals surface area contributed by atoms with Gasteiger partial charge in [0, 0.05) is 10.8 Å². The molecule has 5 nitrogen and oxygen atoms in total. The van der Waals surface area contributed by atoms with Crippen LogP contribution in [0.5, 0.6) is 0 Å². The van der Waals surface area contributed by atoms with Crippen molar-refractivity contribution in [3.8, 4) is 0 Å². The second-order valence-electron chi connectivity index (χ2n) is 6.46. The zero-order valence-electron chi connectivity index (χ0n) is 13.3. The standard InChI is InChI=1S/C17H20N4O/c1-11-5-6-13-12(7-11)16(21-10-20-13)19-9-15-18-8-14(22-15)17(2,3)4/h5-8,10H,9H2,1-4H3,(H,19,20,21). The average Bonchev–Trinajstić information content (AvgIpc) is 2.94. The molecule has 1 N–H and O–H groups in total. The fourth-order valence-electron chi connectivity index (χ4n) is 2.21. The summed E-state index contributed by atoms with van der Waals surface area (Å²) in [6.45, 7) is 8.86. The van der Waals surface area contributed by atoms with Crippen molar-refractivity contribution in [2.45, 2.75) is 39.7 Å². The summed E-state index contributed by atoms with van der Waals surface area (Å²) in [4.78, 5) is 12.9. The zero-order chi connectivity index (χ0) is 15.7. The van der Waals surface area contributed by atoms with E-state index in [0.717, 1.165) is 22.5 Å². The Morgan fingerprint density at radius 2 is 1.95 bits per heavy atom. The summed E-state index contributed by atoms with van der Waals surface area (Å²) >= 11 is 0. The largest absolute Gasteiger partial charge is 0.443 e. The van der Waals surface area contributed by atoms with Crippen molar-refractivity contribution in [1.82, 2.24) is 15.0 Å². The molecular weight excluding hydrogens is 276 g/mol. The fraction of sp³-hybridized carbons (Fsp3) is 0.353. The molecule has 3 aromatic rings. The highest BCUT2D eigenvalue weighted by Crippen LogP contribution is 2.24. The predicted octanol–water partition coefficient (Wildman–Crippen LogP) is 3.84. The normalized spacial score (nSPS) is 11.8. The van der Waals surface area contributed by atoms with Crippen LogP contribution in [0.15, 0.2) is 35.1 Å². The van der Waals surface area contributed by atoms with Gasteiger partial charge < -0.3 is 9.73 Å². The molecule has 0 saturated carbocycles. The lowest BCUT2D eigenvalue weighted by Crippen LogP contribution is -2.09. The van der Waals surface area contributed by atoms with Gasteiger partial charge in [-0.1, -0.05) is 32.4 Å². The van der Waals surface area contributed by atoms with Gasteiger partial charge in [-0.2, -0.15) is 0 Å². The van der Waals surface area contributed by atoms with Gasteiger partial charge in [-0.3, -0.25) is 0 Å². The number of anilines is 1. The number of oxazole rings is 1. The van der Waals surface area contributed by atoms with E-state index in [9.17, 15) is 0 Å². The van der Waals surface area contributed by atoms with Crippen molar-refractivity contribution >= 4 is 16.7 Å². The SMILES string of the molecule is Cc1ccc2ncnc(NCc3ncc(C(C)(C)C)o3)c2c1.